The maximum absolute atomic E-state index is 11.9. The molecule has 5 heteroatoms. The van der Waals surface area contributed by atoms with Gasteiger partial charge in [-0.2, -0.15) is 0 Å². The Kier molecular flexibility index (Phi) is 3.04. The number of Topliss-reactive ketones (excluding diaryl/α,β-unsaturated/α-hetero) is 1. The van der Waals surface area contributed by atoms with Crippen LogP contribution < -0.4 is 0 Å². The quantitative estimate of drug-likeness (QED) is 0.849. The van der Waals surface area contributed by atoms with Crippen LogP contribution in [-0.4, -0.2) is 26.4 Å². The van der Waals surface area contributed by atoms with Crippen LogP contribution >= 0.6 is 0 Å². The molecule has 20 heavy (non-hydrogen) atoms. The second-order valence-electron chi connectivity index (χ2n) is 5.32. The van der Waals surface area contributed by atoms with Crippen LogP contribution in [0.3, 0.4) is 0 Å². The lowest BCUT2D eigenvalue weighted by Crippen LogP contribution is -2.03. The molecule has 1 fully saturated rings. The average molecular weight is 272 g/mol. The number of ketones is 1. The number of carboxylic acid groups (broad SMARTS) is 1. The van der Waals surface area contributed by atoms with Gasteiger partial charge in [0.15, 0.2) is 5.78 Å². The number of imidazole rings is 1. The first-order chi connectivity index (χ1) is 9.56. The van der Waals surface area contributed by atoms with E-state index in [1.54, 1.807) is 12.1 Å². The van der Waals surface area contributed by atoms with E-state index < -0.39 is 5.97 Å². The number of carbonyl (C=O) groups is 2. The van der Waals surface area contributed by atoms with Crippen LogP contribution in [0.25, 0.3) is 11.0 Å². The van der Waals surface area contributed by atoms with Crippen molar-refractivity contribution in [3.63, 3.8) is 0 Å². The highest BCUT2D eigenvalue weighted by atomic mass is 16.4. The van der Waals surface area contributed by atoms with Gasteiger partial charge in [0.1, 0.15) is 5.82 Å². The second kappa shape index (κ2) is 4.74. The van der Waals surface area contributed by atoms with Crippen molar-refractivity contribution in [3.05, 3.63) is 29.6 Å². The lowest BCUT2D eigenvalue weighted by Gasteiger charge is -2.01. The largest absolute Gasteiger partial charge is 0.481 e. The maximum Gasteiger partial charge on any atom is 0.303 e. The molecule has 5 nitrogen and oxygen atoms in total. The van der Waals surface area contributed by atoms with Gasteiger partial charge in [0.05, 0.1) is 17.5 Å². The molecular formula is C15H16N2O3. The van der Waals surface area contributed by atoms with Gasteiger partial charge in [-0.25, -0.2) is 4.98 Å². The Morgan fingerprint density at radius 2 is 2.10 bits per heavy atom. The highest BCUT2D eigenvalue weighted by Crippen LogP contribution is 2.40. The highest BCUT2D eigenvalue weighted by molar-refractivity contribution is 6.00. The summed E-state index contributed by atoms with van der Waals surface area (Å²) in [6, 6.07) is 5.42. The Morgan fingerprint density at radius 3 is 2.75 bits per heavy atom. The number of aromatic nitrogens is 2. The molecule has 0 unspecified atom stereocenters. The van der Waals surface area contributed by atoms with Crippen molar-refractivity contribution in [2.75, 3.05) is 0 Å². The molecule has 1 N–H and O–H groups in total. The van der Waals surface area contributed by atoms with Crippen molar-refractivity contribution in [1.29, 1.82) is 0 Å². The number of fused-ring (bicyclic) bond motifs is 1. The van der Waals surface area contributed by atoms with Crippen LogP contribution in [0.2, 0.25) is 0 Å². The summed E-state index contributed by atoms with van der Waals surface area (Å²) in [6.07, 6.45) is 2.26. The predicted octanol–water partition coefficient (Wildman–Crippen LogP) is 2.50. The van der Waals surface area contributed by atoms with Gasteiger partial charge in [0.25, 0.3) is 0 Å². The summed E-state index contributed by atoms with van der Waals surface area (Å²) in [6.45, 7) is 0. The number of aryl methyl sites for hydroxylation is 1. The normalized spacial score (nSPS) is 14.7. The Bertz CT molecular complexity index is 698. The van der Waals surface area contributed by atoms with Crippen LogP contribution in [0.4, 0.5) is 0 Å². The van der Waals surface area contributed by atoms with E-state index in [1.165, 1.54) is 12.8 Å². The van der Waals surface area contributed by atoms with Crippen molar-refractivity contribution < 1.29 is 14.7 Å². The summed E-state index contributed by atoms with van der Waals surface area (Å²) in [5.74, 6) is 0.537. The molecule has 1 aliphatic carbocycles. The van der Waals surface area contributed by atoms with Gasteiger partial charge in [0, 0.05) is 24.9 Å². The van der Waals surface area contributed by atoms with Crippen LogP contribution in [0, 0.1) is 0 Å². The first-order valence-corrected chi connectivity index (χ1v) is 6.77. The average Bonchev–Trinajstić information content (AvgIpc) is 3.21. The van der Waals surface area contributed by atoms with Gasteiger partial charge >= 0.3 is 5.97 Å². The van der Waals surface area contributed by atoms with Gasteiger partial charge < -0.3 is 9.67 Å². The van der Waals surface area contributed by atoms with Gasteiger partial charge in [-0.3, -0.25) is 9.59 Å². The Labute approximate surface area is 116 Å². The van der Waals surface area contributed by atoms with Crippen LogP contribution in [0.15, 0.2) is 18.2 Å². The molecule has 0 atom stereocenters. The molecule has 0 saturated heterocycles. The summed E-state index contributed by atoms with van der Waals surface area (Å²) in [4.78, 5) is 27.0. The van der Waals surface area contributed by atoms with Gasteiger partial charge in [-0.1, -0.05) is 0 Å². The number of rotatable bonds is 5. The van der Waals surface area contributed by atoms with Crippen molar-refractivity contribution in [3.8, 4) is 0 Å². The zero-order valence-electron chi connectivity index (χ0n) is 11.3. The first kappa shape index (κ1) is 12.8. The van der Waals surface area contributed by atoms with Gasteiger partial charge in [-0.15, -0.1) is 0 Å². The van der Waals surface area contributed by atoms with E-state index in [0.29, 0.717) is 11.5 Å². The molecule has 0 spiro atoms. The summed E-state index contributed by atoms with van der Waals surface area (Å²) < 4.78 is 2.08. The van der Waals surface area contributed by atoms with E-state index in [4.69, 9.17) is 5.11 Å². The molecule has 0 bridgehead atoms. The van der Waals surface area contributed by atoms with Crippen LogP contribution in [-0.2, 0) is 11.8 Å². The lowest BCUT2D eigenvalue weighted by molar-refractivity contribution is -0.136. The number of hydrogen-bond donors (Lipinski definition) is 1. The third kappa shape index (κ3) is 2.31. The fourth-order valence-corrected chi connectivity index (χ4v) is 2.46. The minimum Gasteiger partial charge on any atom is -0.481 e. The molecular weight excluding hydrogens is 256 g/mol. The van der Waals surface area contributed by atoms with E-state index in [1.807, 2.05) is 13.1 Å². The van der Waals surface area contributed by atoms with E-state index in [9.17, 15) is 9.59 Å². The molecule has 0 radical (unpaired) electrons. The minimum absolute atomic E-state index is 0.0309. The van der Waals surface area contributed by atoms with E-state index >= 15 is 0 Å². The molecule has 1 aromatic heterocycles. The van der Waals surface area contributed by atoms with E-state index in [-0.39, 0.29) is 18.6 Å². The fourth-order valence-electron chi connectivity index (χ4n) is 2.46. The Balaban J connectivity index is 1.90. The molecule has 1 aliphatic rings. The van der Waals surface area contributed by atoms with Crippen molar-refractivity contribution in [1.82, 2.24) is 9.55 Å². The van der Waals surface area contributed by atoms with Crippen molar-refractivity contribution in [2.24, 2.45) is 7.05 Å². The molecule has 104 valence electrons. The molecule has 1 heterocycles. The molecule has 0 amide bonds. The Morgan fingerprint density at radius 1 is 1.35 bits per heavy atom. The fraction of sp³-hybridized carbons (Fsp3) is 0.400. The third-order valence-electron chi connectivity index (χ3n) is 3.75. The van der Waals surface area contributed by atoms with Crippen LogP contribution in [0.5, 0.6) is 0 Å². The van der Waals surface area contributed by atoms with Crippen molar-refractivity contribution >= 4 is 22.8 Å². The standard InChI is InChI=1S/C15H16N2O3/c1-17-12-5-4-10(13(18)6-7-14(19)20)8-11(12)16-15(17)9-2-3-9/h4-5,8-9H,2-3,6-7H2,1H3,(H,19,20). The zero-order valence-corrected chi connectivity index (χ0v) is 11.3. The zero-order chi connectivity index (χ0) is 14.3. The van der Waals surface area contributed by atoms with Gasteiger partial charge in [-0.05, 0) is 31.0 Å². The highest BCUT2D eigenvalue weighted by Gasteiger charge is 2.28. The molecule has 2 aromatic rings. The summed E-state index contributed by atoms with van der Waals surface area (Å²) in [7, 11) is 1.99. The molecule has 1 aromatic carbocycles. The maximum atomic E-state index is 11.9. The third-order valence-corrected chi connectivity index (χ3v) is 3.75. The lowest BCUT2D eigenvalue weighted by atomic mass is 10.1. The van der Waals surface area contributed by atoms with Crippen LogP contribution in [0.1, 0.15) is 47.8 Å². The number of aliphatic carboxylic acids is 1. The van der Waals surface area contributed by atoms with E-state index in [0.717, 1.165) is 16.9 Å². The Hall–Kier alpha value is -2.17. The number of hydrogen-bond acceptors (Lipinski definition) is 3. The van der Waals surface area contributed by atoms with Gasteiger partial charge in [0.2, 0.25) is 0 Å². The SMILES string of the molecule is Cn1c(C2CC2)nc2cc(C(=O)CCC(=O)O)ccc21. The number of carbonyl (C=O) groups excluding carboxylic acids is 1. The summed E-state index contributed by atoms with van der Waals surface area (Å²) >= 11 is 0. The number of carboxylic acids is 1. The smallest absolute Gasteiger partial charge is 0.303 e. The van der Waals surface area contributed by atoms with Crippen molar-refractivity contribution in [2.45, 2.75) is 31.6 Å². The summed E-state index contributed by atoms with van der Waals surface area (Å²) in [5.41, 5.74) is 2.37. The minimum atomic E-state index is -0.951. The monoisotopic (exact) mass is 272 g/mol. The second-order valence-corrected chi connectivity index (χ2v) is 5.32. The molecule has 0 aliphatic heterocycles. The topological polar surface area (TPSA) is 72.2 Å². The molecule has 3 rings (SSSR count). The number of nitrogens with zero attached hydrogens (tertiary/aromatic N) is 2. The predicted molar refractivity (Wildman–Crippen MR) is 73.9 cm³/mol. The number of benzene rings is 1. The molecule has 1 saturated carbocycles. The first-order valence-electron chi connectivity index (χ1n) is 6.77. The summed E-state index contributed by atoms with van der Waals surface area (Å²) in [5, 5.41) is 8.62. The van der Waals surface area contributed by atoms with E-state index in [2.05, 4.69) is 9.55 Å².